The van der Waals surface area contributed by atoms with Gasteiger partial charge < -0.3 is 0 Å². The predicted octanol–water partition coefficient (Wildman–Crippen LogP) is 4.67. The predicted molar refractivity (Wildman–Crippen MR) is 82.3 cm³/mol. The lowest BCUT2D eigenvalue weighted by atomic mass is 9.89. The molecule has 0 fully saturated rings. The number of thiophene rings is 1. The third-order valence-electron chi connectivity index (χ3n) is 3.54. The Kier molecular flexibility index (Phi) is 4.54. The smallest absolute Gasteiger partial charge is 0.194 e. The molecule has 0 aliphatic carbocycles. The maximum Gasteiger partial charge on any atom is 0.194 e. The van der Waals surface area contributed by atoms with E-state index in [9.17, 15) is 4.79 Å². The lowest BCUT2D eigenvalue weighted by Gasteiger charge is -2.14. The van der Waals surface area contributed by atoms with E-state index in [1.807, 2.05) is 16.8 Å². The summed E-state index contributed by atoms with van der Waals surface area (Å²) in [5.41, 5.74) is 5.45. The second-order valence-electron chi connectivity index (χ2n) is 4.69. The first-order valence-corrected chi connectivity index (χ1v) is 7.87. The van der Waals surface area contributed by atoms with Gasteiger partial charge in [0, 0.05) is 16.5 Å². The third-order valence-corrected chi connectivity index (χ3v) is 4.23. The fourth-order valence-electron chi connectivity index (χ4n) is 2.43. The topological polar surface area (TPSA) is 17.1 Å². The highest BCUT2D eigenvalue weighted by atomic mass is 32.1. The molecule has 1 heterocycles. The number of ketones is 1. The Bertz CT molecular complexity index is 542. The van der Waals surface area contributed by atoms with Crippen LogP contribution in [0.2, 0.25) is 0 Å². The number of hydrogen-bond acceptors (Lipinski definition) is 2. The van der Waals surface area contributed by atoms with E-state index < -0.39 is 0 Å². The van der Waals surface area contributed by atoms with Crippen molar-refractivity contribution in [3.05, 3.63) is 56.8 Å². The van der Waals surface area contributed by atoms with Crippen LogP contribution in [0, 0.1) is 0 Å². The average molecular weight is 272 g/mol. The average Bonchev–Trinajstić information content (AvgIpc) is 2.99. The molecule has 100 valence electrons. The fraction of sp³-hybridized carbons (Fsp3) is 0.353. The lowest BCUT2D eigenvalue weighted by Crippen LogP contribution is -2.09. The van der Waals surface area contributed by atoms with Gasteiger partial charge in [-0.05, 0) is 47.4 Å². The largest absolute Gasteiger partial charge is 0.289 e. The first-order chi connectivity index (χ1) is 9.21. The van der Waals surface area contributed by atoms with Gasteiger partial charge >= 0.3 is 0 Å². The maximum atomic E-state index is 12.7. The molecule has 2 rings (SSSR count). The van der Waals surface area contributed by atoms with Crippen LogP contribution in [0.5, 0.6) is 0 Å². The number of hydrogen-bond donors (Lipinski definition) is 0. The monoisotopic (exact) mass is 272 g/mol. The molecule has 0 spiro atoms. The summed E-state index contributed by atoms with van der Waals surface area (Å²) < 4.78 is 0. The molecule has 1 aromatic heterocycles. The highest BCUT2D eigenvalue weighted by molar-refractivity contribution is 7.08. The zero-order valence-electron chi connectivity index (χ0n) is 11.8. The molecule has 0 N–H and O–H groups in total. The Morgan fingerprint density at radius 2 is 1.68 bits per heavy atom. The van der Waals surface area contributed by atoms with Gasteiger partial charge in [-0.3, -0.25) is 4.79 Å². The zero-order valence-corrected chi connectivity index (χ0v) is 12.6. The van der Waals surface area contributed by atoms with Crippen molar-refractivity contribution in [2.75, 3.05) is 0 Å². The molecule has 1 nitrogen and oxygen atoms in total. The van der Waals surface area contributed by atoms with Gasteiger partial charge in [0.15, 0.2) is 5.78 Å². The van der Waals surface area contributed by atoms with Crippen molar-refractivity contribution in [3.8, 4) is 0 Å². The molecular weight excluding hydrogens is 252 g/mol. The molecule has 0 bridgehead atoms. The second-order valence-corrected chi connectivity index (χ2v) is 5.47. The summed E-state index contributed by atoms with van der Waals surface area (Å²) in [5.74, 6) is 0.178. The number of carbonyl (C=O) groups is 1. The van der Waals surface area contributed by atoms with E-state index in [1.165, 1.54) is 16.7 Å². The van der Waals surface area contributed by atoms with Crippen LogP contribution in [0.1, 0.15) is 53.4 Å². The number of benzene rings is 1. The fourth-order valence-corrected chi connectivity index (χ4v) is 3.07. The second kappa shape index (κ2) is 6.16. The van der Waals surface area contributed by atoms with E-state index in [0.717, 1.165) is 30.4 Å². The molecule has 2 heteroatoms. The highest BCUT2D eigenvalue weighted by Gasteiger charge is 2.17. The molecule has 0 aliphatic heterocycles. The molecule has 1 aromatic carbocycles. The summed E-state index contributed by atoms with van der Waals surface area (Å²) in [7, 11) is 0. The van der Waals surface area contributed by atoms with Crippen LogP contribution in [-0.4, -0.2) is 5.78 Å². The van der Waals surface area contributed by atoms with Crippen LogP contribution in [0.4, 0.5) is 0 Å². The molecular formula is C17H20OS. The van der Waals surface area contributed by atoms with E-state index in [1.54, 1.807) is 11.3 Å². The van der Waals surface area contributed by atoms with Crippen molar-refractivity contribution in [1.29, 1.82) is 0 Å². The molecule has 0 saturated carbocycles. The number of carbonyl (C=O) groups excluding carboxylic acids is 1. The summed E-state index contributed by atoms with van der Waals surface area (Å²) >= 11 is 1.58. The van der Waals surface area contributed by atoms with Crippen molar-refractivity contribution >= 4 is 17.1 Å². The Morgan fingerprint density at radius 1 is 1.05 bits per heavy atom. The molecule has 0 unspecified atom stereocenters. The van der Waals surface area contributed by atoms with Crippen molar-refractivity contribution in [3.63, 3.8) is 0 Å². The Hall–Kier alpha value is -1.41. The minimum absolute atomic E-state index is 0.178. The van der Waals surface area contributed by atoms with Gasteiger partial charge in [-0.15, -0.1) is 0 Å². The van der Waals surface area contributed by atoms with Gasteiger partial charge in [-0.2, -0.15) is 11.3 Å². The van der Waals surface area contributed by atoms with Crippen LogP contribution < -0.4 is 0 Å². The van der Waals surface area contributed by atoms with Gasteiger partial charge in [0.1, 0.15) is 0 Å². The first kappa shape index (κ1) is 14.0. The molecule has 2 aromatic rings. The Balaban J connectivity index is 2.57. The van der Waals surface area contributed by atoms with Crippen LogP contribution in [0.3, 0.4) is 0 Å². The third kappa shape index (κ3) is 2.79. The normalized spacial score (nSPS) is 10.7. The van der Waals surface area contributed by atoms with Gasteiger partial charge in [0.05, 0.1) is 0 Å². The highest BCUT2D eigenvalue weighted by Crippen LogP contribution is 2.24. The summed E-state index contributed by atoms with van der Waals surface area (Å²) in [6, 6.07) is 6.30. The van der Waals surface area contributed by atoms with E-state index in [2.05, 4.69) is 32.9 Å². The summed E-state index contributed by atoms with van der Waals surface area (Å²) in [5, 5.41) is 3.90. The van der Waals surface area contributed by atoms with E-state index in [4.69, 9.17) is 0 Å². The van der Waals surface area contributed by atoms with E-state index >= 15 is 0 Å². The van der Waals surface area contributed by atoms with Crippen LogP contribution >= 0.6 is 11.3 Å². The molecule has 0 aliphatic rings. The molecule has 0 saturated heterocycles. The van der Waals surface area contributed by atoms with E-state index in [0.29, 0.717) is 0 Å². The quantitative estimate of drug-likeness (QED) is 0.723. The molecule has 0 amide bonds. The first-order valence-electron chi connectivity index (χ1n) is 6.92. The van der Waals surface area contributed by atoms with Crippen molar-refractivity contribution in [2.45, 2.75) is 40.0 Å². The van der Waals surface area contributed by atoms with Crippen molar-refractivity contribution in [1.82, 2.24) is 0 Å². The molecule has 19 heavy (non-hydrogen) atoms. The van der Waals surface area contributed by atoms with E-state index in [-0.39, 0.29) is 5.78 Å². The molecule has 0 atom stereocenters. The van der Waals surface area contributed by atoms with Crippen LogP contribution in [-0.2, 0) is 19.3 Å². The van der Waals surface area contributed by atoms with Crippen LogP contribution in [0.15, 0.2) is 29.0 Å². The Labute approximate surface area is 119 Å². The van der Waals surface area contributed by atoms with Crippen molar-refractivity contribution in [2.24, 2.45) is 0 Å². The van der Waals surface area contributed by atoms with Gasteiger partial charge in [0.25, 0.3) is 0 Å². The summed E-state index contributed by atoms with van der Waals surface area (Å²) in [6.45, 7) is 6.41. The maximum absolute atomic E-state index is 12.7. The zero-order chi connectivity index (χ0) is 13.8. The lowest BCUT2D eigenvalue weighted by molar-refractivity contribution is 0.103. The van der Waals surface area contributed by atoms with Crippen LogP contribution in [0.25, 0.3) is 0 Å². The van der Waals surface area contributed by atoms with Gasteiger partial charge in [-0.25, -0.2) is 0 Å². The van der Waals surface area contributed by atoms with Gasteiger partial charge in [-0.1, -0.05) is 32.9 Å². The number of aryl methyl sites for hydroxylation is 3. The molecule has 0 radical (unpaired) electrons. The minimum Gasteiger partial charge on any atom is -0.289 e. The minimum atomic E-state index is 0.178. The summed E-state index contributed by atoms with van der Waals surface area (Å²) in [4.78, 5) is 12.7. The standard InChI is InChI=1S/C17H20OS/c1-4-12-9-13(5-2)16(14(6-3)10-12)17(18)15-7-8-19-11-15/h7-11H,4-6H2,1-3H3. The van der Waals surface area contributed by atoms with Crippen molar-refractivity contribution < 1.29 is 4.79 Å². The van der Waals surface area contributed by atoms with Gasteiger partial charge in [0.2, 0.25) is 0 Å². The Morgan fingerprint density at radius 3 is 2.11 bits per heavy atom. The number of rotatable bonds is 5. The summed E-state index contributed by atoms with van der Waals surface area (Å²) in [6.07, 6.45) is 2.84. The SMILES string of the molecule is CCc1cc(CC)c(C(=O)c2ccsc2)c(CC)c1.